The number of ether oxygens (including phenoxy) is 1. The Morgan fingerprint density at radius 2 is 2.29 bits per heavy atom. The quantitative estimate of drug-likeness (QED) is 0.820. The Morgan fingerprint density at radius 3 is 2.94 bits per heavy atom. The molecule has 0 saturated carbocycles. The molecule has 94 valence electrons. The first-order valence-electron chi connectivity index (χ1n) is 5.77. The lowest BCUT2D eigenvalue weighted by atomic mass is 10.2. The van der Waals surface area contributed by atoms with Crippen LogP contribution in [-0.4, -0.2) is 23.9 Å². The van der Waals surface area contributed by atoms with E-state index in [0.29, 0.717) is 12.2 Å². The molecule has 1 amide bonds. The summed E-state index contributed by atoms with van der Waals surface area (Å²) in [7, 11) is 0. The molecular formula is C13H18BrNO2. The summed E-state index contributed by atoms with van der Waals surface area (Å²) in [6.45, 7) is 4.67. The highest BCUT2D eigenvalue weighted by Gasteiger charge is 2.09. The second kappa shape index (κ2) is 7.33. The second-order valence-corrected chi connectivity index (χ2v) is 4.55. The third-order valence-electron chi connectivity index (χ3n) is 2.18. The molecule has 1 aromatic carbocycles. The van der Waals surface area contributed by atoms with Crippen molar-refractivity contribution in [2.45, 2.75) is 26.3 Å². The minimum absolute atomic E-state index is 0.0705. The molecule has 3 nitrogen and oxygen atoms in total. The molecule has 0 radical (unpaired) electrons. The number of hydrogen-bond donors (Lipinski definition) is 1. The van der Waals surface area contributed by atoms with Crippen molar-refractivity contribution in [1.82, 2.24) is 5.32 Å². The highest BCUT2D eigenvalue weighted by molar-refractivity contribution is 9.09. The van der Waals surface area contributed by atoms with Gasteiger partial charge in [-0.1, -0.05) is 28.9 Å². The summed E-state index contributed by atoms with van der Waals surface area (Å²) in [4.78, 5) is 11.9. The number of alkyl halides is 1. The number of benzene rings is 1. The predicted octanol–water partition coefficient (Wildman–Crippen LogP) is 2.99. The minimum Gasteiger partial charge on any atom is -0.494 e. The van der Waals surface area contributed by atoms with Gasteiger partial charge < -0.3 is 10.1 Å². The maximum absolute atomic E-state index is 11.9. The number of carbonyl (C=O) groups is 1. The van der Waals surface area contributed by atoms with Crippen molar-refractivity contribution in [3.8, 4) is 5.75 Å². The maximum Gasteiger partial charge on any atom is 0.251 e. The number of hydrogen-bond acceptors (Lipinski definition) is 2. The van der Waals surface area contributed by atoms with E-state index in [0.717, 1.165) is 17.5 Å². The minimum atomic E-state index is -0.0705. The molecule has 0 aliphatic carbocycles. The molecule has 1 aromatic rings. The molecule has 0 fully saturated rings. The number of carbonyl (C=O) groups excluding carboxylic acids is 1. The van der Waals surface area contributed by atoms with Gasteiger partial charge in [-0.2, -0.15) is 0 Å². The summed E-state index contributed by atoms with van der Waals surface area (Å²) in [6.07, 6.45) is 0.955. The van der Waals surface area contributed by atoms with Crippen molar-refractivity contribution < 1.29 is 9.53 Å². The Morgan fingerprint density at radius 1 is 1.53 bits per heavy atom. The zero-order chi connectivity index (χ0) is 12.7. The van der Waals surface area contributed by atoms with Crippen LogP contribution >= 0.6 is 15.9 Å². The average molecular weight is 300 g/mol. The Hall–Kier alpha value is -1.03. The molecule has 4 heteroatoms. The van der Waals surface area contributed by atoms with Crippen molar-refractivity contribution in [3.05, 3.63) is 29.8 Å². The standard InChI is InChI=1S/C13H18BrNO2/c1-3-7-17-12-6-4-5-11(8-12)13(16)15-10(2)9-14/h4-6,8,10H,3,7,9H2,1-2H3,(H,15,16). The molecule has 1 rings (SSSR count). The van der Waals surface area contributed by atoms with Gasteiger partial charge in [0.2, 0.25) is 0 Å². The second-order valence-electron chi connectivity index (χ2n) is 3.91. The van der Waals surface area contributed by atoms with Crippen molar-refractivity contribution in [3.63, 3.8) is 0 Å². The summed E-state index contributed by atoms with van der Waals surface area (Å²) >= 11 is 3.33. The van der Waals surface area contributed by atoms with Gasteiger partial charge >= 0.3 is 0 Å². The first kappa shape index (κ1) is 14.0. The Balaban J connectivity index is 2.66. The summed E-state index contributed by atoms with van der Waals surface area (Å²) in [5, 5.41) is 3.63. The summed E-state index contributed by atoms with van der Waals surface area (Å²) < 4.78 is 5.49. The molecule has 1 N–H and O–H groups in total. The van der Waals surface area contributed by atoms with E-state index in [4.69, 9.17) is 4.74 Å². The Kier molecular flexibility index (Phi) is 6.05. The van der Waals surface area contributed by atoms with Crippen LogP contribution in [-0.2, 0) is 0 Å². The largest absolute Gasteiger partial charge is 0.494 e. The molecule has 0 aliphatic heterocycles. The summed E-state index contributed by atoms with van der Waals surface area (Å²) in [6, 6.07) is 7.36. The normalized spacial score (nSPS) is 11.9. The van der Waals surface area contributed by atoms with Gasteiger partial charge in [-0.05, 0) is 31.5 Å². The van der Waals surface area contributed by atoms with Crippen molar-refractivity contribution in [1.29, 1.82) is 0 Å². The fraction of sp³-hybridized carbons (Fsp3) is 0.462. The van der Waals surface area contributed by atoms with Crippen LogP contribution < -0.4 is 10.1 Å². The van der Waals surface area contributed by atoms with E-state index < -0.39 is 0 Å². The molecular weight excluding hydrogens is 282 g/mol. The van der Waals surface area contributed by atoms with E-state index in [1.54, 1.807) is 12.1 Å². The summed E-state index contributed by atoms with van der Waals surface area (Å²) in [5.41, 5.74) is 0.631. The lowest BCUT2D eigenvalue weighted by Gasteiger charge is -2.11. The third-order valence-corrected chi connectivity index (χ3v) is 3.15. The first-order valence-corrected chi connectivity index (χ1v) is 6.89. The number of rotatable bonds is 6. The fourth-order valence-electron chi connectivity index (χ4n) is 1.29. The molecule has 0 spiro atoms. The summed E-state index contributed by atoms with van der Waals surface area (Å²) in [5.74, 6) is 0.671. The van der Waals surface area contributed by atoms with E-state index >= 15 is 0 Å². The van der Waals surface area contributed by atoms with Crippen LogP contribution in [0.1, 0.15) is 30.6 Å². The van der Waals surface area contributed by atoms with Gasteiger partial charge in [-0.15, -0.1) is 0 Å². The molecule has 1 unspecified atom stereocenters. The zero-order valence-corrected chi connectivity index (χ0v) is 11.8. The van der Waals surface area contributed by atoms with Crippen LogP contribution in [0, 0.1) is 0 Å². The monoisotopic (exact) mass is 299 g/mol. The van der Waals surface area contributed by atoms with Crippen LogP contribution in [0.25, 0.3) is 0 Å². The van der Waals surface area contributed by atoms with E-state index in [2.05, 4.69) is 21.2 Å². The third kappa shape index (κ3) is 4.77. The van der Waals surface area contributed by atoms with E-state index in [1.165, 1.54) is 0 Å². The zero-order valence-electron chi connectivity index (χ0n) is 10.2. The Bertz CT molecular complexity index is 368. The predicted molar refractivity (Wildman–Crippen MR) is 73.0 cm³/mol. The smallest absolute Gasteiger partial charge is 0.251 e. The lowest BCUT2D eigenvalue weighted by Crippen LogP contribution is -2.33. The van der Waals surface area contributed by atoms with Gasteiger partial charge in [-0.25, -0.2) is 0 Å². The first-order chi connectivity index (χ1) is 8.17. The van der Waals surface area contributed by atoms with Crippen molar-refractivity contribution in [2.75, 3.05) is 11.9 Å². The highest BCUT2D eigenvalue weighted by Crippen LogP contribution is 2.13. The van der Waals surface area contributed by atoms with Gasteiger partial charge in [0.1, 0.15) is 5.75 Å². The SMILES string of the molecule is CCCOc1cccc(C(=O)NC(C)CBr)c1. The van der Waals surface area contributed by atoms with E-state index in [-0.39, 0.29) is 11.9 Å². The van der Waals surface area contributed by atoms with Gasteiger partial charge in [0.05, 0.1) is 6.61 Å². The van der Waals surface area contributed by atoms with Crippen LogP contribution in [0.15, 0.2) is 24.3 Å². The van der Waals surface area contributed by atoms with E-state index in [1.807, 2.05) is 26.0 Å². The van der Waals surface area contributed by atoms with Crippen molar-refractivity contribution in [2.24, 2.45) is 0 Å². The van der Waals surface area contributed by atoms with Crippen LogP contribution in [0.3, 0.4) is 0 Å². The number of nitrogens with one attached hydrogen (secondary N) is 1. The van der Waals surface area contributed by atoms with Crippen LogP contribution in [0.2, 0.25) is 0 Å². The highest BCUT2D eigenvalue weighted by atomic mass is 79.9. The van der Waals surface area contributed by atoms with Crippen LogP contribution in [0.5, 0.6) is 5.75 Å². The van der Waals surface area contributed by atoms with Crippen molar-refractivity contribution >= 4 is 21.8 Å². The molecule has 1 atom stereocenters. The van der Waals surface area contributed by atoms with Gasteiger partial charge in [0, 0.05) is 16.9 Å². The van der Waals surface area contributed by atoms with Gasteiger partial charge in [0.25, 0.3) is 5.91 Å². The Labute approximate surface area is 111 Å². The number of halogens is 1. The van der Waals surface area contributed by atoms with Crippen LogP contribution in [0.4, 0.5) is 0 Å². The molecule has 17 heavy (non-hydrogen) atoms. The molecule has 0 bridgehead atoms. The topological polar surface area (TPSA) is 38.3 Å². The molecule has 0 heterocycles. The van der Waals surface area contributed by atoms with E-state index in [9.17, 15) is 4.79 Å². The average Bonchev–Trinajstić information content (AvgIpc) is 2.36. The lowest BCUT2D eigenvalue weighted by molar-refractivity contribution is 0.0943. The number of amides is 1. The maximum atomic E-state index is 11.9. The fourth-order valence-corrected chi connectivity index (χ4v) is 1.45. The van der Waals surface area contributed by atoms with Gasteiger partial charge in [-0.3, -0.25) is 4.79 Å². The molecule has 0 aromatic heterocycles. The van der Waals surface area contributed by atoms with Gasteiger partial charge in [0.15, 0.2) is 0 Å². The molecule has 0 saturated heterocycles. The molecule has 0 aliphatic rings.